The largest absolute Gasteiger partial charge is 0.351 e. The Balaban J connectivity index is 2.43. The molecule has 0 heterocycles. The molecule has 117 valence electrons. The molecular formula is C17H27N2OS. The summed E-state index contributed by atoms with van der Waals surface area (Å²) in [6.45, 7) is 5.71. The van der Waals surface area contributed by atoms with Crippen molar-refractivity contribution in [1.29, 1.82) is 0 Å². The van der Waals surface area contributed by atoms with Crippen LogP contribution in [0.15, 0.2) is 24.3 Å². The van der Waals surface area contributed by atoms with Gasteiger partial charge in [0.15, 0.2) is 0 Å². The van der Waals surface area contributed by atoms with Crippen molar-refractivity contribution in [1.82, 2.24) is 10.6 Å². The van der Waals surface area contributed by atoms with E-state index in [4.69, 9.17) is 0 Å². The van der Waals surface area contributed by atoms with E-state index in [-0.39, 0.29) is 11.9 Å². The third-order valence-corrected chi connectivity index (χ3v) is 4.06. The minimum absolute atomic E-state index is 0.0610. The molecule has 0 aliphatic carbocycles. The summed E-state index contributed by atoms with van der Waals surface area (Å²) < 4.78 is 0. The van der Waals surface area contributed by atoms with E-state index >= 15 is 0 Å². The zero-order valence-corrected chi connectivity index (χ0v) is 14.0. The summed E-state index contributed by atoms with van der Waals surface area (Å²) in [5.74, 6) is 0.761. The van der Waals surface area contributed by atoms with E-state index in [1.54, 1.807) is 0 Å². The van der Waals surface area contributed by atoms with Gasteiger partial charge in [0.25, 0.3) is 0 Å². The SMILES string of the molecule is [CH2]SCC(NCCCCC)C(=O)NCc1ccccc1C. The van der Waals surface area contributed by atoms with E-state index in [0.29, 0.717) is 12.3 Å². The van der Waals surface area contributed by atoms with Crippen molar-refractivity contribution < 1.29 is 4.79 Å². The Morgan fingerprint density at radius 2 is 2.10 bits per heavy atom. The fourth-order valence-corrected chi connectivity index (χ4v) is 2.62. The van der Waals surface area contributed by atoms with Crippen LogP contribution in [0.2, 0.25) is 0 Å². The molecule has 0 aliphatic rings. The first-order valence-corrected chi connectivity index (χ1v) is 8.77. The Morgan fingerprint density at radius 1 is 1.33 bits per heavy atom. The van der Waals surface area contributed by atoms with Gasteiger partial charge >= 0.3 is 0 Å². The van der Waals surface area contributed by atoms with Gasteiger partial charge in [-0.3, -0.25) is 4.79 Å². The molecule has 0 aromatic heterocycles. The van der Waals surface area contributed by atoms with Crippen LogP contribution in [-0.2, 0) is 11.3 Å². The fourth-order valence-electron chi connectivity index (χ4n) is 2.11. The average molecular weight is 307 g/mol. The third-order valence-electron chi connectivity index (χ3n) is 3.49. The first-order chi connectivity index (χ1) is 10.2. The van der Waals surface area contributed by atoms with Gasteiger partial charge < -0.3 is 10.6 Å². The number of benzene rings is 1. The number of amides is 1. The predicted molar refractivity (Wildman–Crippen MR) is 92.2 cm³/mol. The maximum atomic E-state index is 12.3. The maximum absolute atomic E-state index is 12.3. The van der Waals surface area contributed by atoms with Crippen molar-refractivity contribution in [2.75, 3.05) is 12.3 Å². The Morgan fingerprint density at radius 3 is 2.76 bits per heavy atom. The zero-order valence-electron chi connectivity index (χ0n) is 13.2. The molecule has 4 heteroatoms. The lowest BCUT2D eigenvalue weighted by Gasteiger charge is -2.18. The predicted octanol–water partition coefficient (Wildman–Crippen LogP) is 3.28. The van der Waals surface area contributed by atoms with Crippen molar-refractivity contribution in [2.45, 2.75) is 45.7 Å². The number of rotatable bonds is 10. The summed E-state index contributed by atoms with van der Waals surface area (Å²) in [6, 6.07) is 7.97. The van der Waals surface area contributed by atoms with Gasteiger partial charge in [0, 0.05) is 18.6 Å². The molecule has 1 aromatic carbocycles. The molecule has 0 fully saturated rings. The van der Waals surface area contributed by atoms with Crippen LogP contribution >= 0.6 is 11.8 Å². The molecule has 1 rings (SSSR count). The monoisotopic (exact) mass is 307 g/mol. The molecule has 1 amide bonds. The van der Waals surface area contributed by atoms with Crippen LogP contribution in [0.5, 0.6) is 0 Å². The number of aryl methyl sites for hydroxylation is 1. The molecule has 0 saturated heterocycles. The van der Waals surface area contributed by atoms with E-state index in [0.717, 1.165) is 18.5 Å². The van der Waals surface area contributed by atoms with Gasteiger partial charge in [-0.05, 0) is 31.0 Å². The summed E-state index contributed by atoms with van der Waals surface area (Å²) in [5.41, 5.74) is 2.37. The number of carbonyl (C=O) groups excluding carboxylic acids is 1. The van der Waals surface area contributed by atoms with Crippen LogP contribution < -0.4 is 10.6 Å². The van der Waals surface area contributed by atoms with E-state index < -0.39 is 0 Å². The van der Waals surface area contributed by atoms with Crippen LogP contribution in [0.1, 0.15) is 37.3 Å². The topological polar surface area (TPSA) is 41.1 Å². The van der Waals surface area contributed by atoms with Crippen LogP contribution in [0.3, 0.4) is 0 Å². The number of carbonyl (C=O) groups is 1. The number of nitrogens with one attached hydrogen (secondary N) is 2. The standard InChI is InChI=1S/C17H27N2OS/c1-4-5-8-11-18-16(13-21-3)17(20)19-12-15-10-7-6-9-14(15)2/h6-7,9-10,16,18H,3-5,8,11-13H2,1-2H3,(H,19,20). The zero-order chi connectivity index (χ0) is 15.5. The van der Waals surface area contributed by atoms with E-state index in [9.17, 15) is 4.79 Å². The highest BCUT2D eigenvalue weighted by molar-refractivity contribution is 8.00. The highest BCUT2D eigenvalue weighted by Gasteiger charge is 2.16. The van der Waals surface area contributed by atoms with Crippen molar-refractivity contribution in [3.8, 4) is 0 Å². The number of hydrogen-bond donors (Lipinski definition) is 2. The van der Waals surface area contributed by atoms with Gasteiger partial charge in [0.05, 0.1) is 6.04 Å². The minimum Gasteiger partial charge on any atom is -0.351 e. The minimum atomic E-state index is -0.159. The second-order valence-corrected chi connectivity index (χ2v) is 5.97. The summed E-state index contributed by atoms with van der Waals surface area (Å²) in [4.78, 5) is 12.3. The fraction of sp³-hybridized carbons (Fsp3) is 0.529. The van der Waals surface area contributed by atoms with E-state index in [1.165, 1.54) is 30.2 Å². The Labute approximate surface area is 133 Å². The van der Waals surface area contributed by atoms with E-state index in [2.05, 4.69) is 42.9 Å². The lowest BCUT2D eigenvalue weighted by molar-refractivity contribution is -0.122. The highest BCUT2D eigenvalue weighted by atomic mass is 32.2. The molecule has 0 aliphatic heterocycles. The second-order valence-electron chi connectivity index (χ2n) is 5.23. The highest BCUT2D eigenvalue weighted by Crippen LogP contribution is 2.07. The number of unbranched alkanes of at least 4 members (excludes halogenated alkanes) is 2. The molecule has 1 aromatic rings. The molecule has 0 spiro atoms. The number of thioether (sulfide) groups is 1. The Bertz CT molecular complexity index is 423. The first kappa shape index (κ1) is 18.1. The van der Waals surface area contributed by atoms with Gasteiger partial charge in [-0.25, -0.2) is 0 Å². The van der Waals surface area contributed by atoms with Crippen molar-refractivity contribution in [3.63, 3.8) is 0 Å². The van der Waals surface area contributed by atoms with Gasteiger partial charge in [0.1, 0.15) is 0 Å². The smallest absolute Gasteiger partial charge is 0.238 e. The quantitative estimate of drug-likeness (QED) is 0.652. The van der Waals surface area contributed by atoms with Crippen LogP contribution in [0, 0.1) is 13.2 Å². The summed E-state index contributed by atoms with van der Waals surface area (Å²) in [5, 5.41) is 6.36. The van der Waals surface area contributed by atoms with Crippen molar-refractivity contribution in [3.05, 3.63) is 41.6 Å². The molecular weight excluding hydrogens is 280 g/mol. The molecule has 2 N–H and O–H groups in total. The van der Waals surface area contributed by atoms with Crippen molar-refractivity contribution in [2.24, 2.45) is 0 Å². The molecule has 21 heavy (non-hydrogen) atoms. The molecule has 3 nitrogen and oxygen atoms in total. The first-order valence-electron chi connectivity index (χ1n) is 7.61. The molecule has 1 unspecified atom stereocenters. The van der Waals surface area contributed by atoms with Crippen LogP contribution in [-0.4, -0.2) is 24.2 Å². The second kappa shape index (κ2) is 10.7. The third kappa shape index (κ3) is 7.00. The van der Waals surface area contributed by atoms with Crippen LogP contribution in [0.4, 0.5) is 0 Å². The summed E-state index contributed by atoms with van der Waals surface area (Å²) >= 11 is 1.45. The molecule has 0 saturated carbocycles. The van der Waals surface area contributed by atoms with Gasteiger partial charge in [-0.2, -0.15) is 11.8 Å². The maximum Gasteiger partial charge on any atom is 0.238 e. The van der Waals surface area contributed by atoms with Gasteiger partial charge in [-0.1, -0.05) is 44.0 Å². The lowest BCUT2D eigenvalue weighted by Crippen LogP contribution is -2.46. The summed E-state index contributed by atoms with van der Waals surface area (Å²) in [7, 11) is 0. The average Bonchev–Trinajstić information content (AvgIpc) is 2.49. The lowest BCUT2D eigenvalue weighted by atomic mass is 10.1. The Kier molecular flexibility index (Phi) is 9.19. The van der Waals surface area contributed by atoms with Crippen molar-refractivity contribution >= 4 is 17.7 Å². The molecule has 1 atom stereocenters. The molecule has 0 bridgehead atoms. The molecule has 1 radical (unpaired) electrons. The van der Waals surface area contributed by atoms with Gasteiger partial charge in [0.2, 0.25) is 5.91 Å². The number of hydrogen-bond acceptors (Lipinski definition) is 3. The van der Waals surface area contributed by atoms with Gasteiger partial charge in [-0.15, -0.1) is 0 Å². The Hall–Kier alpha value is -1.00. The van der Waals surface area contributed by atoms with Crippen LogP contribution in [0.25, 0.3) is 0 Å². The van der Waals surface area contributed by atoms with E-state index in [1.807, 2.05) is 12.1 Å². The normalized spacial score (nSPS) is 12.1. The summed E-state index contributed by atoms with van der Waals surface area (Å²) in [6.07, 6.45) is 7.28.